The molecule has 2 nitrogen and oxygen atoms in total. The van der Waals surface area contributed by atoms with Gasteiger partial charge in [-0.05, 0) is 52.6 Å². The van der Waals surface area contributed by atoms with E-state index in [1.165, 1.54) is 38.0 Å². The molecule has 132 valence electrons. The van der Waals surface area contributed by atoms with Crippen LogP contribution >= 0.6 is 11.3 Å². The van der Waals surface area contributed by atoms with Gasteiger partial charge in [-0.2, -0.15) is 0 Å². The van der Waals surface area contributed by atoms with E-state index in [0.717, 1.165) is 10.5 Å². The zero-order chi connectivity index (χ0) is 18.5. The van der Waals surface area contributed by atoms with Crippen molar-refractivity contribution >= 4 is 37.5 Å². The molecule has 6 rings (SSSR count). The molecule has 0 spiro atoms. The molecule has 0 N–H and O–H groups in total. The van der Waals surface area contributed by atoms with Crippen LogP contribution in [0.5, 0.6) is 0 Å². The van der Waals surface area contributed by atoms with Crippen LogP contribution in [0.1, 0.15) is 0 Å². The molecule has 0 saturated carbocycles. The number of imidazole rings is 1. The molecule has 0 radical (unpaired) electrons. The van der Waals surface area contributed by atoms with E-state index in [1.54, 1.807) is 11.3 Å². The molecule has 2 aromatic heterocycles. The highest BCUT2D eigenvalue weighted by Crippen LogP contribution is 2.34. The SMILES string of the molecule is c1ccc(-c2cccc(-c3ccc4sc5nc6ccccc6n5c4c3)c2)cc1. The van der Waals surface area contributed by atoms with Gasteiger partial charge >= 0.3 is 0 Å². The predicted molar refractivity (Wildman–Crippen MR) is 119 cm³/mol. The van der Waals surface area contributed by atoms with Gasteiger partial charge in [0.15, 0.2) is 4.96 Å². The van der Waals surface area contributed by atoms with E-state index < -0.39 is 0 Å². The molecule has 0 fully saturated rings. The minimum Gasteiger partial charge on any atom is -0.283 e. The van der Waals surface area contributed by atoms with Crippen LogP contribution in [0.3, 0.4) is 0 Å². The Bertz CT molecular complexity index is 1460. The van der Waals surface area contributed by atoms with Gasteiger partial charge in [-0.3, -0.25) is 4.40 Å². The van der Waals surface area contributed by atoms with E-state index in [4.69, 9.17) is 4.98 Å². The normalized spacial score (nSPS) is 11.6. The van der Waals surface area contributed by atoms with Crippen molar-refractivity contribution in [3.05, 3.63) is 97.1 Å². The Morgan fingerprint density at radius 3 is 2.18 bits per heavy atom. The Morgan fingerprint density at radius 1 is 0.571 bits per heavy atom. The molecule has 0 saturated heterocycles. The van der Waals surface area contributed by atoms with Gasteiger partial charge in [0.2, 0.25) is 0 Å². The molecule has 2 heterocycles. The first-order valence-corrected chi connectivity index (χ1v) is 10.1. The first kappa shape index (κ1) is 15.6. The molecule has 28 heavy (non-hydrogen) atoms. The smallest absolute Gasteiger partial charge is 0.195 e. The number of hydrogen-bond donors (Lipinski definition) is 0. The number of fused-ring (bicyclic) bond motifs is 5. The molecule has 0 bridgehead atoms. The van der Waals surface area contributed by atoms with Gasteiger partial charge in [-0.15, -0.1) is 0 Å². The predicted octanol–water partition coefficient (Wildman–Crippen LogP) is 7.04. The molecule has 0 amide bonds. The van der Waals surface area contributed by atoms with E-state index in [2.05, 4.69) is 95.4 Å². The van der Waals surface area contributed by atoms with Gasteiger partial charge in [-0.25, -0.2) is 4.98 Å². The summed E-state index contributed by atoms with van der Waals surface area (Å²) in [6.07, 6.45) is 0. The van der Waals surface area contributed by atoms with Crippen LogP contribution in [0.4, 0.5) is 0 Å². The van der Waals surface area contributed by atoms with E-state index >= 15 is 0 Å². The van der Waals surface area contributed by atoms with Crippen molar-refractivity contribution in [2.75, 3.05) is 0 Å². The number of aromatic nitrogens is 2. The minimum atomic E-state index is 1.05. The lowest BCUT2D eigenvalue weighted by molar-refractivity contribution is 1.35. The average molecular weight is 376 g/mol. The highest BCUT2D eigenvalue weighted by atomic mass is 32.1. The molecule has 3 heteroatoms. The maximum atomic E-state index is 4.79. The van der Waals surface area contributed by atoms with Crippen LogP contribution in [0.25, 0.3) is 48.5 Å². The lowest BCUT2D eigenvalue weighted by Gasteiger charge is -2.07. The number of rotatable bonds is 2. The summed E-state index contributed by atoms with van der Waals surface area (Å²) < 4.78 is 3.54. The van der Waals surface area contributed by atoms with Gasteiger partial charge in [-0.1, -0.05) is 78.1 Å². The van der Waals surface area contributed by atoms with Crippen molar-refractivity contribution in [1.29, 1.82) is 0 Å². The average Bonchev–Trinajstić information content (AvgIpc) is 3.30. The van der Waals surface area contributed by atoms with E-state index in [0.29, 0.717) is 0 Å². The number of thiazole rings is 1. The third-order valence-electron chi connectivity index (χ3n) is 5.23. The second-order valence-electron chi connectivity index (χ2n) is 6.95. The summed E-state index contributed by atoms with van der Waals surface area (Å²) in [5.41, 5.74) is 8.36. The fraction of sp³-hybridized carbons (Fsp3) is 0. The second-order valence-corrected chi connectivity index (χ2v) is 7.96. The molecular formula is C25H16N2S. The highest BCUT2D eigenvalue weighted by molar-refractivity contribution is 7.23. The lowest BCUT2D eigenvalue weighted by Crippen LogP contribution is -1.84. The Kier molecular flexibility index (Phi) is 3.37. The minimum absolute atomic E-state index is 1.05. The third-order valence-corrected chi connectivity index (χ3v) is 6.26. The fourth-order valence-electron chi connectivity index (χ4n) is 3.87. The molecule has 0 aliphatic carbocycles. The van der Waals surface area contributed by atoms with Gasteiger partial charge in [0, 0.05) is 0 Å². The molecule has 6 aromatic rings. The van der Waals surface area contributed by atoms with Crippen LogP contribution in [0.2, 0.25) is 0 Å². The lowest BCUT2D eigenvalue weighted by atomic mass is 9.99. The van der Waals surface area contributed by atoms with Gasteiger partial charge in [0.25, 0.3) is 0 Å². The Hall–Kier alpha value is -3.43. The zero-order valence-corrected chi connectivity index (χ0v) is 15.9. The van der Waals surface area contributed by atoms with Crippen LogP contribution in [0.15, 0.2) is 97.1 Å². The summed E-state index contributed by atoms with van der Waals surface area (Å²) in [6, 6.07) is 34.4. The summed E-state index contributed by atoms with van der Waals surface area (Å²) in [5, 5.41) is 0. The Balaban J connectivity index is 1.56. The van der Waals surface area contributed by atoms with Crippen molar-refractivity contribution in [3.63, 3.8) is 0 Å². The maximum absolute atomic E-state index is 4.79. The van der Waals surface area contributed by atoms with E-state index in [-0.39, 0.29) is 0 Å². The topological polar surface area (TPSA) is 17.3 Å². The molecular weight excluding hydrogens is 360 g/mol. The molecule has 0 unspecified atom stereocenters. The number of benzene rings is 4. The van der Waals surface area contributed by atoms with Crippen molar-refractivity contribution in [1.82, 2.24) is 9.38 Å². The van der Waals surface area contributed by atoms with Crippen LogP contribution in [-0.2, 0) is 0 Å². The quantitative estimate of drug-likeness (QED) is 0.317. The largest absolute Gasteiger partial charge is 0.283 e. The summed E-state index contributed by atoms with van der Waals surface area (Å²) in [5.74, 6) is 0. The van der Waals surface area contributed by atoms with Gasteiger partial charge in [0.05, 0.1) is 21.3 Å². The maximum Gasteiger partial charge on any atom is 0.195 e. The second kappa shape index (κ2) is 6.04. The van der Waals surface area contributed by atoms with Crippen molar-refractivity contribution < 1.29 is 0 Å². The van der Waals surface area contributed by atoms with Crippen LogP contribution < -0.4 is 0 Å². The fourth-order valence-corrected chi connectivity index (χ4v) is 4.89. The van der Waals surface area contributed by atoms with Crippen LogP contribution in [0, 0.1) is 0 Å². The van der Waals surface area contributed by atoms with Gasteiger partial charge < -0.3 is 0 Å². The highest BCUT2D eigenvalue weighted by Gasteiger charge is 2.12. The number of nitrogens with zero attached hydrogens (tertiary/aromatic N) is 2. The van der Waals surface area contributed by atoms with Crippen molar-refractivity contribution in [2.45, 2.75) is 0 Å². The summed E-state index contributed by atoms with van der Waals surface area (Å²) >= 11 is 1.74. The van der Waals surface area contributed by atoms with Crippen molar-refractivity contribution in [2.24, 2.45) is 0 Å². The standard InChI is InChI=1S/C25H16N2S/c1-2-7-17(8-3-1)18-9-6-10-19(15-18)20-13-14-24-23(16-20)27-22-12-5-4-11-21(22)26-25(27)28-24/h1-16H. The Labute approximate surface area is 166 Å². The van der Waals surface area contributed by atoms with Gasteiger partial charge in [0.1, 0.15) is 0 Å². The molecule has 0 aliphatic heterocycles. The zero-order valence-electron chi connectivity index (χ0n) is 15.0. The van der Waals surface area contributed by atoms with Crippen molar-refractivity contribution in [3.8, 4) is 22.3 Å². The first-order chi connectivity index (χ1) is 13.9. The van der Waals surface area contributed by atoms with E-state index in [9.17, 15) is 0 Å². The molecule has 4 aromatic carbocycles. The first-order valence-electron chi connectivity index (χ1n) is 9.32. The Morgan fingerprint density at radius 2 is 1.29 bits per heavy atom. The third kappa shape index (κ3) is 2.37. The molecule has 0 aliphatic rings. The monoisotopic (exact) mass is 376 g/mol. The number of hydrogen-bond acceptors (Lipinski definition) is 2. The summed E-state index contributed by atoms with van der Waals surface area (Å²) in [7, 11) is 0. The number of para-hydroxylation sites is 2. The summed E-state index contributed by atoms with van der Waals surface area (Å²) in [6.45, 7) is 0. The molecule has 0 atom stereocenters. The summed E-state index contributed by atoms with van der Waals surface area (Å²) in [4.78, 5) is 5.84. The van der Waals surface area contributed by atoms with E-state index in [1.807, 2.05) is 6.07 Å². The van der Waals surface area contributed by atoms with Crippen LogP contribution in [-0.4, -0.2) is 9.38 Å².